The highest BCUT2D eigenvalue weighted by Crippen LogP contribution is 2.32. The summed E-state index contributed by atoms with van der Waals surface area (Å²) in [5, 5.41) is 6.26. The molecule has 5 nitrogen and oxygen atoms in total. The standard InChI is InChI=1S/C17H25FN2O3/c1-12(14-10-13(18)4-5-15(14)23-3)20-16(21)17(11-22-2)6-8-19-9-7-17/h4-5,10,12,19H,6-9,11H2,1-3H3,(H,20,21). The van der Waals surface area contributed by atoms with Crippen LogP contribution < -0.4 is 15.4 Å². The molecule has 2 rings (SSSR count). The summed E-state index contributed by atoms with van der Waals surface area (Å²) in [4.78, 5) is 12.8. The van der Waals surface area contributed by atoms with E-state index in [1.165, 1.54) is 19.2 Å². The van der Waals surface area contributed by atoms with Crippen molar-refractivity contribution < 1.29 is 18.7 Å². The van der Waals surface area contributed by atoms with Crippen LogP contribution in [0.25, 0.3) is 0 Å². The molecule has 2 N–H and O–H groups in total. The fourth-order valence-electron chi connectivity index (χ4n) is 3.09. The number of nitrogens with one attached hydrogen (secondary N) is 2. The van der Waals surface area contributed by atoms with Crippen LogP contribution in [0.2, 0.25) is 0 Å². The third kappa shape index (κ3) is 4.00. The van der Waals surface area contributed by atoms with Gasteiger partial charge in [0.1, 0.15) is 11.6 Å². The van der Waals surface area contributed by atoms with Gasteiger partial charge in [-0.3, -0.25) is 4.79 Å². The van der Waals surface area contributed by atoms with Crippen LogP contribution in [0.1, 0.15) is 31.4 Å². The van der Waals surface area contributed by atoms with Crippen LogP contribution in [0.3, 0.4) is 0 Å². The van der Waals surface area contributed by atoms with Crippen LogP contribution in [-0.2, 0) is 9.53 Å². The van der Waals surface area contributed by atoms with Crippen molar-refractivity contribution in [2.75, 3.05) is 33.9 Å². The largest absolute Gasteiger partial charge is 0.496 e. The average Bonchev–Trinajstić information content (AvgIpc) is 2.55. The first kappa shape index (κ1) is 17.7. The highest BCUT2D eigenvalue weighted by Gasteiger charge is 2.40. The molecule has 0 bridgehead atoms. The maximum Gasteiger partial charge on any atom is 0.229 e. The van der Waals surface area contributed by atoms with Crippen molar-refractivity contribution in [3.05, 3.63) is 29.6 Å². The van der Waals surface area contributed by atoms with Crippen LogP contribution in [-0.4, -0.2) is 39.8 Å². The van der Waals surface area contributed by atoms with E-state index in [1.807, 2.05) is 6.92 Å². The van der Waals surface area contributed by atoms with Crippen molar-refractivity contribution in [2.24, 2.45) is 5.41 Å². The summed E-state index contributed by atoms with van der Waals surface area (Å²) in [7, 11) is 3.14. The summed E-state index contributed by atoms with van der Waals surface area (Å²) < 4.78 is 24.1. The van der Waals surface area contributed by atoms with Crippen molar-refractivity contribution in [3.8, 4) is 5.75 Å². The number of amides is 1. The van der Waals surface area contributed by atoms with Crippen LogP contribution in [0.15, 0.2) is 18.2 Å². The normalized spacial score (nSPS) is 18.3. The van der Waals surface area contributed by atoms with E-state index in [1.54, 1.807) is 13.2 Å². The zero-order valence-corrected chi connectivity index (χ0v) is 13.9. The molecule has 1 atom stereocenters. The number of benzene rings is 1. The van der Waals surface area contributed by atoms with E-state index >= 15 is 0 Å². The van der Waals surface area contributed by atoms with Gasteiger partial charge in [-0.1, -0.05) is 0 Å². The molecular weight excluding hydrogens is 299 g/mol. The van der Waals surface area contributed by atoms with E-state index in [9.17, 15) is 9.18 Å². The summed E-state index contributed by atoms with van der Waals surface area (Å²) in [6, 6.07) is 3.96. The topological polar surface area (TPSA) is 59.6 Å². The van der Waals surface area contributed by atoms with Crippen molar-refractivity contribution in [1.29, 1.82) is 0 Å². The molecule has 128 valence electrons. The summed E-state index contributed by atoms with van der Waals surface area (Å²) in [5.41, 5.74) is 0.0943. The first-order valence-corrected chi connectivity index (χ1v) is 7.86. The lowest BCUT2D eigenvalue weighted by Gasteiger charge is -2.36. The molecule has 1 aromatic carbocycles. The Morgan fingerprint density at radius 3 is 2.70 bits per heavy atom. The van der Waals surface area contributed by atoms with Crippen LogP contribution in [0.4, 0.5) is 4.39 Å². The molecule has 23 heavy (non-hydrogen) atoms. The van der Waals surface area contributed by atoms with E-state index in [0.717, 1.165) is 25.9 Å². The van der Waals surface area contributed by atoms with Gasteiger partial charge < -0.3 is 20.1 Å². The molecule has 0 aliphatic carbocycles. The number of hydrogen-bond donors (Lipinski definition) is 2. The fourth-order valence-corrected chi connectivity index (χ4v) is 3.09. The molecule has 1 saturated heterocycles. The molecule has 1 aromatic rings. The third-order valence-corrected chi connectivity index (χ3v) is 4.47. The molecule has 6 heteroatoms. The predicted molar refractivity (Wildman–Crippen MR) is 85.9 cm³/mol. The van der Waals surface area contributed by atoms with Crippen molar-refractivity contribution in [2.45, 2.75) is 25.8 Å². The van der Waals surface area contributed by atoms with Gasteiger partial charge in [0.15, 0.2) is 0 Å². The maximum absolute atomic E-state index is 13.5. The lowest BCUT2D eigenvalue weighted by atomic mass is 9.78. The van der Waals surface area contributed by atoms with Gasteiger partial charge in [0.25, 0.3) is 0 Å². The number of methoxy groups -OCH3 is 2. The Bertz CT molecular complexity index is 539. The maximum atomic E-state index is 13.5. The number of ether oxygens (including phenoxy) is 2. The van der Waals surface area contributed by atoms with E-state index in [0.29, 0.717) is 17.9 Å². The number of hydrogen-bond acceptors (Lipinski definition) is 4. The van der Waals surface area contributed by atoms with Crippen molar-refractivity contribution >= 4 is 5.91 Å². The second kappa shape index (κ2) is 7.75. The van der Waals surface area contributed by atoms with Gasteiger partial charge >= 0.3 is 0 Å². The van der Waals surface area contributed by atoms with E-state index < -0.39 is 5.41 Å². The average molecular weight is 324 g/mol. The number of rotatable bonds is 6. The Labute approximate surface area is 136 Å². The van der Waals surface area contributed by atoms with Gasteiger partial charge in [0.2, 0.25) is 5.91 Å². The highest BCUT2D eigenvalue weighted by molar-refractivity contribution is 5.83. The fraction of sp³-hybridized carbons (Fsp3) is 0.588. The van der Waals surface area contributed by atoms with Crippen molar-refractivity contribution in [1.82, 2.24) is 10.6 Å². The van der Waals surface area contributed by atoms with Crippen LogP contribution >= 0.6 is 0 Å². The molecule has 1 amide bonds. The summed E-state index contributed by atoms with van der Waals surface area (Å²) >= 11 is 0. The predicted octanol–water partition coefficient (Wildman–Crippen LogP) is 2.03. The van der Waals surface area contributed by atoms with Gasteiger partial charge in [-0.2, -0.15) is 0 Å². The molecule has 1 fully saturated rings. The van der Waals surface area contributed by atoms with Gasteiger partial charge in [0.05, 0.1) is 25.2 Å². The molecule has 1 aliphatic rings. The highest BCUT2D eigenvalue weighted by atomic mass is 19.1. The zero-order valence-electron chi connectivity index (χ0n) is 13.9. The Hall–Kier alpha value is -1.66. The van der Waals surface area contributed by atoms with E-state index in [2.05, 4.69) is 10.6 Å². The minimum absolute atomic E-state index is 0.0559. The molecule has 0 aromatic heterocycles. The number of halogens is 1. The molecule has 1 unspecified atom stereocenters. The Morgan fingerprint density at radius 1 is 1.39 bits per heavy atom. The number of carbonyl (C=O) groups is 1. The smallest absolute Gasteiger partial charge is 0.229 e. The number of piperidine rings is 1. The lowest BCUT2D eigenvalue weighted by Crippen LogP contribution is -2.50. The Kier molecular flexibility index (Phi) is 5.96. The first-order valence-electron chi connectivity index (χ1n) is 7.86. The lowest BCUT2D eigenvalue weighted by molar-refractivity contribution is -0.136. The zero-order chi connectivity index (χ0) is 16.9. The molecule has 0 radical (unpaired) electrons. The summed E-state index contributed by atoms with van der Waals surface area (Å²) in [6.07, 6.45) is 1.44. The third-order valence-electron chi connectivity index (χ3n) is 4.47. The molecule has 0 spiro atoms. The van der Waals surface area contributed by atoms with Gasteiger partial charge in [-0.25, -0.2) is 4.39 Å². The SMILES string of the molecule is COCC1(C(=O)NC(C)c2cc(F)ccc2OC)CCNCC1. The summed E-state index contributed by atoms with van der Waals surface area (Å²) in [5.74, 6) is 0.153. The first-order chi connectivity index (χ1) is 11.0. The second-order valence-electron chi connectivity index (χ2n) is 6.04. The molecule has 1 aliphatic heterocycles. The minimum atomic E-state index is -0.533. The minimum Gasteiger partial charge on any atom is -0.496 e. The Morgan fingerprint density at radius 2 is 2.09 bits per heavy atom. The van der Waals surface area contributed by atoms with Gasteiger partial charge in [-0.05, 0) is 51.1 Å². The monoisotopic (exact) mass is 324 g/mol. The van der Waals surface area contributed by atoms with Gasteiger partial charge in [0, 0.05) is 12.7 Å². The summed E-state index contributed by atoms with van der Waals surface area (Å²) in [6.45, 7) is 3.78. The van der Waals surface area contributed by atoms with E-state index in [4.69, 9.17) is 9.47 Å². The second-order valence-corrected chi connectivity index (χ2v) is 6.04. The molecular formula is C17H25FN2O3. The molecule has 0 saturated carbocycles. The van der Waals surface area contributed by atoms with Crippen LogP contribution in [0.5, 0.6) is 5.75 Å². The Balaban J connectivity index is 2.16. The van der Waals surface area contributed by atoms with Crippen LogP contribution in [0, 0.1) is 11.2 Å². The molecule has 1 heterocycles. The van der Waals surface area contributed by atoms with Gasteiger partial charge in [-0.15, -0.1) is 0 Å². The quantitative estimate of drug-likeness (QED) is 0.840. The van der Waals surface area contributed by atoms with Crippen molar-refractivity contribution in [3.63, 3.8) is 0 Å². The van der Waals surface area contributed by atoms with E-state index in [-0.39, 0.29) is 17.8 Å². The number of carbonyl (C=O) groups excluding carboxylic acids is 1.